The number of nitrogens with one attached hydrogen (secondary N) is 1. The van der Waals surface area contributed by atoms with E-state index in [1.165, 1.54) is 0 Å². The van der Waals surface area contributed by atoms with Crippen LogP contribution in [0.15, 0.2) is 84.6 Å². The van der Waals surface area contributed by atoms with Gasteiger partial charge in [0.05, 0.1) is 16.8 Å². The van der Waals surface area contributed by atoms with Crippen LogP contribution in [-0.2, 0) is 15.8 Å². The molecule has 0 bridgehead atoms. The van der Waals surface area contributed by atoms with Crippen molar-refractivity contribution in [2.45, 2.75) is 25.9 Å². The summed E-state index contributed by atoms with van der Waals surface area (Å²) in [6.07, 6.45) is -4.51. The molecule has 4 rings (SSSR count). The fourth-order valence-corrected chi connectivity index (χ4v) is 3.65. The van der Waals surface area contributed by atoms with Gasteiger partial charge in [-0.15, -0.1) is 0 Å². The van der Waals surface area contributed by atoms with Crippen molar-refractivity contribution in [3.8, 4) is 0 Å². The molecule has 7 heteroatoms. The number of benzene rings is 3. The molecule has 2 amide bonds. The van der Waals surface area contributed by atoms with E-state index in [2.05, 4.69) is 19.2 Å². The third-order valence-corrected chi connectivity index (χ3v) is 5.45. The summed E-state index contributed by atoms with van der Waals surface area (Å²) in [6, 6.07) is 20.2. The van der Waals surface area contributed by atoms with Crippen molar-refractivity contribution >= 4 is 28.8 Å². The lowest BCUT2D eigenvalue weighted by atomic mass is 10.0. The summed E-state index contributed by atoms with van der Waals surface area (Å²) in [5.41, 5.74) is 1.73. The summed E-state index contributed by atoms with van der Waals surface area (Å²) in [4.78, 5) is 27.5. The summed E-state index contributed by atoms with van der Waals surface area (Å²) in [5.74, 6) is -0.901. The van der Waals surface area contributed by atoms with Crippen molar-refractivity contribution in [3.05, 3.63) is 101 Å². The molecular formula is C26H21F3N2O2. The second-order valence-corrected chi connectivity index (χ2v) is 8.01. The van der Waals surface area contributed by atoms with E-state index in [1.54, 1.807) is 30.3 Å². The molecular weight excluding hydrogens is 429 g/mol. The number of carbonyl (C=O) groups excluding carboxylic acids is 2. The maximum absolute atomic E-state index is 13.3. The van der Waals surface area contributed by atoms with Gasteiger partial charge in [0.15, 0.2) is 0 Å². The highest BCUT2D eigenvalue weighted by atomic mass is 19.4. The second kappa shape index (κ2) is 8.58. The number of rotatable bonds is 5. The molecule has 3 aromatic carbocycles. The van der Waals surface area contributed by atoms with Gasteiger partial charge in [0, 0.05) is 5.69 Å². The molecule has 0 atom stereocenters. The minimum atomic E-state index is -4.51. The predicted octanol–water partition coefficient (Wildman–Crippen LogP) is 6.23. The number of nitrogens with zero attached hydrogens (tertiary/aromatic N) is 1. The lowest BCUT2D eigenvalue weighted by molar-refractivity contribution is -0.137. The first-order valence-corrected chi connectivity index (χ1v) is 10.4. The second-order valence-electron chi connectivity index (χ2n) is 8.01. The van der Waals surface area contributed by atoms with E-state index in [0.717, 1.165) is 34.7 Å². The maximum atomic E-state index is 13.3. The Morgan fingerprint density at radius 3 is 1.94 bits per heavy atom. The van der Waals surface area contributed by atoms with Crippen molar-refractivity contribution in [1.82, 2.24) is 0 Å². The first kappa shape index (κ1) is 22.3. The Morgan fingerprint density at radius 1 is 0.788 bits per heavy atom. The van der Waals surface area contributed by atoms with Gasteiger partial charge < -0.3 is 5.32 Å². The lowest BCUT2D eigenvalue weighted by Gasteiger charge is -2.16. The molecule has 1 heterocycles. The van der Waals surface area contributed by atoms with Crippen LogP contribution in [0, 0.1) is 0 Å². The summed E-state index contributed by atoms with van der Waals surface area (Å²) < 4.78 is 38.9. The van der Waals surface area contributed by atoms with Crippen LogP contribution in [0.2, 0.25) is 0 Å². The van der Waals surface area contributed by atoms with Gasteiger partial charge in [0.1, 0.15) is 5.70 Å². The molecule has 0 fully saturated rings. The SMILES string of the molecule is CC(C)c1ccc(NC2=C(c3ccccc3)C(=O)N(c3ccc(C(F)(F)F)cc3)C2=O)cc1. The molecule has 4 nitrogen and oxygen atoms in total. The number of alkyl halides is 3. The Balaban J connectivity index is 1.73. The van der Waals surface area contributed by atoms with Crippen LogP contribution in [0.4, 0.5) is 24.5 Å². The summed E-state index contributed by atoms with van der Waals surface area (Å²) >= 11 is 0. The molecule has 0 saturated heterocycles. The maximum Gasteiger partial charge on any atom is 0.416 e. The molecule has 3 aromatic rings. The van der Waals surface area contributed by atoms with Gasteiger partial charge in [0.2, 0.25) is 0 Å². The van der Waals surface area contributed by atoms with Crippen LogP contribution in [0.25, 0.3) is 5.57 Å². The molecule has 0 aromatic heterocycles. The molecule has 1 aliphatic heterocycles. The van der Waals surface area contributed by atoms with E-state index in [-0.39, 0.29) is 17.0 Å². The van der Waals surface area contributed by atoms with Crippen LogP contribution >= 0.6 is 0 Å². The van der Waals surface area contributed by atoms with E-state index in [9.17, 15) is 22.8 Å². The number of halogens is 3. The Labute approximate surface area is 189 Å². The van der Waals surface area contributed by atoms with E-state index >= 15 is 0 Å². The number of carbonyl (C=O) groups is 2. The van der Waals surface area contributed by atoms with Gasteiger partial charge in [-0.25, -0.2) is 4.90 Å². The molecule has 0 spiro atoms. The quantitative estimate of drug-likeness (QED) is 0.469. The highest BCUT2D eigenvalue weighted by molar-refractivity contribution is 6.46. The third-order valence-electron chi connectivity index (χ3n) is 5.45. The molecule has 0 radical (unpaired) electrons. The van der Waals surface area contributed by atoms with Gasteiger partial charge >= 0.3 is 6.18 Å². The fraction of sp³-hybridized carbons (Fsp3) is 0.154. The van der Waals surface area contributed by atoms with Crippen LogP contribution in [0.3, 0.4) is 0 Å². The number of hydrogen-bond acceptors (Lipinski definition) is 3. The third kappa shape index (κ3) is 4.39. The van der Waals surface area contributed by atoms with Gasteiger partial charge in [-0.1, -0.05) is 56.3 Å². The first-order valence-electron chi connectivity index (χ1n) is 10.4. The monoisotopic (exact) mass is 450 g/mol. The number of hydrogen-bond donors (Lipinski definition) is 1. The number of anilines is 2. The average Bonchev–Trinajstić information content (AvgIpc) is 3.03. The summed E-state index contributed by atoms with van der Waals surface area (Å²) in [7, 11) is 0. The lowest BCUT2D eigenvalue weighted by Crippen LogP contribution is -2.32. The average molecular weight is 450 g/mol. The largest absolute Gasteiger partial charge is 0.416 e. The van der Waals surface area contributed by atoms with Crippen molar-refractivity contribution < 1.29 is 22.8 Å². The zero-order valence-corrected chi connectivity index (χ0v) is 18.0. The van der Waals surface area contributed by atoms with Gasteiger partial charge in [-0.3, -0.25) is 9.59 Å². The van der Waals surface area contributed by atoms with E-state index in [1.807, 2.05) is 24.3 Å². The molecule has 0 aliphatic carbocycles. The van der Waals surface area contributed by atoms with Gasteiger partial charge in [0.25, 0.3) is 11.8 Å². The van der Waals surface area contributed by atoms with Crippen molar-refractivity contribution in [2.24, 2.45) is 0 Å². The molecule has 1 aliphatic rings. The van der Waals surface area contributed by atoms with Crippen LogP contribution in [0.5, 0.6) is 0 Å². The van der Waals surface area contributed by atoms with Crippen LogP contribution < -0.4 is 10.2 Å². The standard InChI is InChI=1S/C26H21F3N2O2/c1-16(2)17-8-12-20(13-9-17)30-23-22(18-6-4-3-5-7-18)24(32)31(25(23)33)21-14-10-19(11-15-21)26(27,28)29/h3-16,30H,1-2H3. The van der Waals surface area contributed by atoms with Crippen molar-refractivity contribution in [3.63, 3.8) is 0 Å². The number of imide groups is 1. The molecule has 0 unspecified atom stereocenters. The number of amides is 2. The topological polar surface area (TPSA) is 49.4 Å². The Morgan fingerprint density at radius 2 is 1.39 bits per heavy atom. The smallest absolute Gasteiger partial charge is 0.350 e. The molecule has 33 heavy (non-hydrogen) atoms. The zero-order chi connectivity index (χ0) is 23.8. The molecule has 168 valence electrons. The zero-order valence-electron chi connectivity index (χ0n) is 18.0. The van der Waals surface area contributed by atoms with Crippen LogP contribution in [-0.4, -0.2) is 11.8 Å². The minimum absolute atomic E-state index is 0.0680. The van der Waals surface area contributed by atoms with Gasteiger partial charge in [-0.2, -0.15) is 13.2 Å². The normalized spacial score (nSPS) is 14.4. The minimum Gasteiger partial charge on any atom is -0.350 e. The Kier molecular flexibility index (Phi) is 5.80. The summed E-state index contributed by atoms with van der Waals surface area (Å²) in [5, 5.41) is 3.06. The Hall–Kier alpha value is -3.87. The van der Waals surface area contributed by atoms with E-state index < -0.39 is 23.6 Å². The van der Waals surface area contributed by atoms with Gasteiger partial charge in [-0.05, 0) is 53.4 Å². The van der Waals surface area contributed by atoms with Crippen molar-refractivity contribution in [2.75, 3.05) is 10.2 Å². The van der Waals surface area contributed by atoms with E-state index in [0.29, 0.717) is 17.2 Å². The van der Waals surface area contributed by atoms with Crippen molar-refractivity contribution in [1.29, 1.82) is 0 Å². The fourth-order valence-electron chi connectivity index (χ4n) is 3.65. The van der Waals surface area contributed by atoms with Crippen LogP contribution in [0.1, 0.15) is 36.5 Å². The Bertz CT molecular complexity index is 1210. The molecule has 0 saturated carbocycles. The summed E-state index contributed by atoms with van der Waals surface area (Å²) in [6.45, 7) is 4.14. The highest BCUT2D eigenvalue weighted by Gasteiger charge is 2.40. The highest BCUT2D eigenvalue weighted by Crippen LogP contribution is 2.36. The van der Waals surface area contributed by atoms with E-state index in [4.69, 9.17) is 0 Å². The predicted molar refractivity (Wildman–Crippen MR) is 121 cm³/mol. The first-order chi connectivity index (χ1) is 15.7. The molecule has 1 N–H and O–H groups in total.